The highest BCUT2D eigenvalue weighted by Gasteiger charge is 2.50. The van der Waals surface area contributed by atoms with Gasteiger partial charge in [0.25, 0.3) is 5.91 Å². The minimum atomic E-state index is -1.69. The van der Waals surface area contributed by atoms with E-state index < -0.39 is 11.6 Å². The maximum absolute atomic E-state index is 14.0. The number of piperazine rings is 1. The second kappa shape index (κ2) is 9.92. The quantitative estimate of drug-likeness (QED) is 0.750. The van der Waals surface area contributed by atoms with Gasteiger partial charge in [0.1, 0.15) is 5.82 Å². The van der Waals surface area contributed by atoms with Gasteiger partial charge in [-0.15, -0.1) is 0 Å². The van der Waals surface area contributed by atoms with Gasteiger partial charge in [0, 0.05) is 55.1 Å². The molecule has 31 heavy (non-hydrogen) atoms. The van der Waals surface area contributed by atoms with E-state index in [-0.39, 0.29) is 6.54 Å². The van der Waals surface area contributed by atoms with Crippen LogP contribution in [0, 0.1) is 6.92 Å². The van der Waals surface area contributed by atoms with Gasteiger partial charge in [-0.2, -0.15) is 0 Å². The Bertz CT molecular complexity index is 926. The summed E-state index contributed by atoms with van der Waals surface area (Å²) in [6.45, 7) is 9.67. The fourth-order valence-corrected chi connectivity index (χ4v) is 3.54. The summed E-state index contributed by atoms with van der Waals surface area (Å²) < 4.78 is 14.0. The van der Waals surface area contributed by atoms with Crippen LogP contribution in [0.1, 0.15) is 37.8 Å². The fraction of sp³-hybridized carbons (Fsp3) is 0.522. The first kappa shape index (κ1) is 23.4. The summed E-state index contributed by atoms with van der Waals surface area (Å²) in [5.41, 5.74) is 0.934. The Morgan fingerprint density at radius 2 is 1.90 bits per heavy atom. The summed E-state index contributed by atoms with van der Waals surface area (Å²) in [6.07, 6.45) is 2.32. The minimum Gasteiger partial charge on any atom is -0.354 e. The Balaban J connectivity index is 0.00000132. The number of likely N-dealkylation sites (N-methyl/N-ethyl adjacent to an activating group) is 1. The number of rotatable bonds is 5. The predicted octanol–water partition coefficient (Wildman–Crippen LogP) is 4.00. The van der Waals surface area contributed by atoms with Crippen LogP contribution in [0.3, 0.4) is 0 Å². The SMILES string of the molecule is CC.Cc1ccc(-c2ncc(CNC(=O)C3(F)CC3)c(N3CCN(C)CC3)n2)cc1Cl. The highest BCUT2D eigenvalue weighted by atomic mass is 35.5. The molecule has 4 rings (SSSR count). The van der Waals surface area contributed by atoms with Crippen molar-refractivity contribution in [2.75, 3.05) is 38.1 Å². The molecule has 1 N–H and O–H groups in total. The standard InChI is InChI=1S/C21H25ClFN5O.C2H6/c1-14-3-4-15(11-17(14)22)18-24-12-16(13-25-20(29)21(23)5-6-21)19(26-18)28-9-7-27(2)8-10-28;1-2/h3-4,11-12H,5-10,13H2,1-2H3,(H,25,29);1-2H3. The third kappa shape index (κ3) is 5.52. The molecule has 1 aromatic carbocycles. The van der Waals surface area contributed by atoms with Crippen molar-refractivity contribution in [1.82, 2.24) is 20.2 Å². The van der Waals surface area contributed by atoms with Gasteiger partial charge in [0.2, 0.25) is 0 Å². The summed E-state index contributed by atoms with van der Waals surface area (Å²) in [6, 6.07) is 5.76. The summed E-state index contributed by atoms with van der Waals surface area (Å²) >= 11 is 6.28. The van der Waals surface area contributed by atoms with Gasteiger partial charge in [-0.05, 0) is 38.4 Å². The molecule has 0 atom stereocenters. The number of aromatic nitrogens is 2. The number of hydrogen-bond donors (Lipinski definition) is 1. The smallest absolute Gasteiger partial charge is 0.257 e. The fourth-order valence-electron chi connectivity index (χ4n) is 3.36. The van der Waals surface area contributed by atoms with Crippen molar-refractivity contribution in [3.8, 4) is 11.4 Å². The zero-order chi connectivity index (χ0) is 22.6. The van der Waals surface area contributed by atoms with Crippen molar-refractivity contribution in [3.63, 3.8) is 0 Å². The molecule has 0 spiro atoms. The maximum Gasteiger partial charge on any atom is 0.257 e. The molecular weight excluding hydrogens is 417 g/mol. The highest BCUT2D eigenvalue weighted by Crippen LogP contribution is 2.40. The number of carbonyl (C=O) groups is 1. The van der Waals surface area contributed by atoms with Crippen LogP contribution in [-0.2, 0) is 11.3 Å². The zero-order valence-corrected chi connectivity index (χ0v) is 19.5. The van der Waals surface area contributed by atoms with Crippen molar-refractivity contribution in [1.29, 1.82) is 0 Å². The molecule has 2 heterocycles. The van der Waals surface area contributed by atoms with Gasteiger partial charge in [-0.3, -0.25) is 4.79 Å². The summed E-state index contributed by atoms with van der Waals surface area (Å²) in [5.74, 6) is 0.820. The number of carbonyl (C=O) groups excluding carboxylic acids is 1. The Kier molecular flexibility index (Phi) is 7.49. The van der Waals surface area contributed by atoms with Crippen LogP contribution in [0.15, 0.2) is 24.4 Å². The lowest BCUT2D eigenvalue weighted by molar-refractivity contribution is -0.127. The van der Waals surface area contributed by atoms with E-state index in [0.29, 0.717) is 23.7 Å². The molecule has 0 radical (unpaired) electrons. The Morgan fingerprint density at radius 3 is 2.52 bits per heavy atom. The molecule has 2 aromatic rings. The molecule has 1 aliphatic heterocycles. The number of alkyl halides is 1. The van der Waals surface area contributed by atoms with Crippen LogP contribution in [0.5, 0.6) is 0 Å². The number of benzene rings is 1. The van der Waals surface area contributed by atoms with Crippen LogP contribution in [0.25, 0.3) is 11.4 Å². The third-order valence-electron chi connectivity index (χ3n) is 5.61. The van der Waals surface area contributed by atoms with E-state index in [4.69, 9.17) is 16.6 Å². The van der Waals surface area contributed by atoms with E-state index in [9.17, 15) is 9.18 Å². The Morgan fingerprint density at radius 1 is 1.23 bits per heavy atom. The maximum atomic E-state index is 14.0. The summed E-state index contributed by atoms with van der Waals surface area (Å²) in [7, 11) is 2.09. The van der Waals surface area contributed by atoms with Crippen LogP contribution >= 0.6 is 11.6 Å². The lowest BCUT2D eigenvalue weighted by atomic mass is 10.1. The van der Waals surface area contributed by atoms with Gasteiger partial charge >= 0.3 is 0 Å². The lowest BCUT2D eigenvalue weighted by Crippen LogP contribution is -2.45. The average Bonchev–Trinajstić information content (AvgIpc) is 3.54. The molecule has 0 bridgehead atoms. The number of nitrogens with one attached hydrogen (secondary N) is 1. The van der Waals surface area contributed by atoms with E-state index in [1.807, 2.05) is 39.0 Å². The van der Waals surface area contributed by atoms with E-state index in [1.165, 1.54) is 0 Å². The summed E-state index contributed by atoms with van der Waals surface area (Å²) in [5, 5.41) is 3.38. The Hall–Kier alpha value is -2.25. The lowest BCUT2D eigenvalue weighted by Gasteiger charge is -2.34. The van der Waals surface area contributed by atoms with E-state index >= 15 is 0 Å². The predicted molar refractivity (Wildman–Crippen MR) is 123 cm³/mol. The van der Waals surface area contributed by atoms with Gasteiger partial charge in [0.05, 0.1) is 0 Å². The van der Waals surface area contributed by atoms with Crippen molar-refractivity contribution in [3.05, 3.63) is 40.5 Å². The normalized spacial score (nSPS) is 17.5. The first-order valence-electron chi connectivity index (χ1n) is 10.9. The second-order valence-corrected chi connectivity index (χ2v) is 8.35. The molecule has 8 heteroatoms. The molecule has 168 valence electrons. The molecule has 1 saturated heterocycles. The highest BCUT2D eigenvalue weighted by molar-refractivity contribution is 6.31. The van der Waals surface area contributed by atoms with Gasteiger partial charge in [0.15, 0.2) is 11.5 Å². The first-order chi connectivity index (χ1) is 14.9. The van der Waals surface area contributed by atoms with Crippen LogP contribution in [0.2, 0.25) is 5.02 Å². The number of halogens is 2. The van der Waals surface area contributed by atoms with Gasteiger partial charge in [-0.1, -0.05) is 37.6 Å². The minimum absolute atomic E-state index is 0.209. The van der Waals surface area contributed by atoms with Crippen molar-refractivity contribution in [2.45, 2.75) is 45.8 Å². The van der Waals surface area contributed by atoms with Crippen LogP contribution in [-0.4, -0.2) is 59.7 Å². The van der Waals surface area contributed by atoms with E-state index in [1.54, 1.807) is 6.20 Å². The first-order valence-corrected chi connectivity index (χ1v) is 11.3. The number of anilines is 1. The molecular formula is C23H31ClFN5O. The monoisotopic (exact) mass is 447 g/mol. The number of amides is 1. The Labute approximate surface area is 188 Å². The van der Waals surface area contributed by atoms with Crippen LogP contribution in [0.4, 0.5) is 10.2 Å². The number of aryl methyl sites for hydroxylation is 1. The van der Waals surface area contributed by atoms with Gasteiger partial charge in [-0.25, -0.2) is 14.4 Å². The average molecular weight is 448 g/mol. The molecule has 1 saturated carbocycles. The zero-order valence-electron chi connectivity index (χ0n) is 18.7. The third-order valence-corrected chi connectivity index (χ3v) is 6.02. The van der Waals surface area contributed by atoms with Gasteiger partial charge < -0.3 is 15.1 Å². The molecule has 1 aliphatic carbocycles. The molecule has 2 fully saturated rings. The second-order valence-electron chi connectivity index (χ2n) is 7.94. The molecule has 0 unspecified atom stereocenters. The largest absolute Gasteiger partial charge is 0.354 e. The van der Waals surface area contributed by atoms with E-state index in [0.717, 1.165) is 48.7 Å². The number of nitrogens with zero attached hydrogens (tertiary/aromatic N) is 4. The molecule has 2 aliphatic rings. The van der Waals surface area contributed by atoms with Crippen molar-refractivity contribution >= 4 is 23.3 Å². The van der Waals surface area contributed by atoms with Crippen LogP contribution < -0.4 is 10.2 Å². The topological polar surface area (TPSA) is 61.4 Å². The molecule has 1 aromatic heterocycles. The van der Waals surface area contributed by atoms with E-state index in [2.05, 4.69) is 27.1 Å². The van der Waals surface area contributed by atoms with Crippen molar-refractivity contribution in [2.24, 2.45) is 0 Å². The molecule has 1 amide bonds. The summed E-state index contributed by atoms with van der Waals surface area (Å²) in [4.78, 5) is 25.8. The number of hydrogen-bond acceptors (Lipinski definition) is 5. The van der Waals surface area contributed by atoms with Crippen molar-refractivity contribution < 1.29 is 9.18 Å². The molecule has 6 nitrogen and oxygen atoms in total.